The van der Waals surface area contributed by atoms with Crippen molar-refractivity contribution in [3.8, 4) is 0 Å². The molecular weight excluding hydrogens is 163 g/mol. The lowest BCUT2D eigenvalue weighted by Crippen LogP contribution is -2.46. The van der Waals surface area contributed by atoms with E-state index >= 15 is 0 Å². The summed E-state index contributed by atoms with van der Waals surface area (Å²) in [6.07, 6.45) is -5.62. The smallest absolute Gasteiger partial charge is 0.379 e. The molecule has 0 bridgehead atoms. The zero-order valence-corrected chi connectivity index (χ0v) is 5.40. The molecular formula is C5H6F3NO2. The number of alkyl halides is 3. The molecule has 6 heteroatoms. The van der Waals surface area contributed by atoms with Crippen LogP contribution in [-0.2, 0) is 4.79 Å². The van der Waals surface area contributed by atoms with Gasteiger partial charge in [-0.3, -0.25) is 4.79 Å². The summed E-state index contributed by atoms with van der Waals surface area (Å²) in [4.78, 5) is 10.3. The standard InChI is InChI=1S/C5H6F3NO2/c6-5(7,8)4(11)1-3(10)9-2-4/h11H,1-2H2,(H,9,10). The molecule has 1 unspecified atom stereocenters. The third-order valence-electron chi connectivity index (χ3n) is 1.56. The first kappa shape index (κ1) is 8.32. The van der Waals surface area contributed by atoms with Crippen molar-refractivity contribution in [1.82, 2.24) is 5.32 Å². The number of nitrogens with one attached hydrogen (secondary N) is 1. The minimum Gasteiger partial charge on any atom is -0.379 e. The normalized spacial score (nSPS) is 32.2. The molecule has 1 amide bonds. The average molecular weight is 169 g/mol. The lowest BCUT2D eigenvalue weighted by Gasteiger charge is -2.22. The molecule has 1 aliphatic heterocycles. The Bertz CT molecular complexity index is 191. The first-order chi connectivity index (χ1) is 4.85. The average Bonchev–Trinajstić information content (AvgIpc) is 2.10. The van der Waals surface area contributed by atoms with E-state index in [2.05, 4.69) is 0 Å². The Morgan fingerprint density at radius 1 is 1.55 bits per heavy atom. The molecule has 1 saturated heterocycles. The van der Waals surface area contributed by atoms with E-state index in [1.165, 1.54) is 0 Å². The second kappa shape index (κ2) is 2.10. The van der Waals surface area contributed by atoms with Gasteiger partial charge in [-0.05, 0) is 0 Å². The topological polar surface area (TPSA) is 49.3 Å². The molecule has 0 aromatic rings. The van der Waals surface area contributed by atoms with Gasteiger partial charge in [-0.15, -0.1) is 0 Å². The van der Waals surface area contributed by atoms with Crippen molar-refractivity contribution in [3.63, 3.8) is 0 Å². The zero-order valence-electron chi connectivity index (χ0n) is 5.40. The van der Waals surface area contributed by atoms with Crippen molar-refractivity contribution in [3.05, 3.63) is 0 Å². The molecule has 3 nitrogen and oxygen atoms in total. The summed E-state index contributed by atoms with van der Waals surface area (Å²) < 4.78 is 35.6. The fourth-order valence-corrected chi connectivity index (χ4v) is 0.836. The van der Waals surface area contributed by atoms with Gasteiger partial charge < -0.3 is 10.4 Å². The van der Waals surface area contributed by atoms with Gasteiger partial charge in [0.2, 0.25) is 5.91 Å². The van der Waals surface area contributed by atoms with E-state index in [-0.39, 0.29) is 0 Å². The Balaban J connectivity index is 2.77. The number of carbonyl (C=O) groups is 1. The predicted octanol–water partition coefficient (Wildman–Crippen LogP) is -0.200. The first-order valence-electron chi connectivity index (χ1n) is 2.91. The summed E-state index contributed by atoms with van der Waals surface area (Å²) in [6, 6.07) is 0. The van der Waals surface area contributed by atoms with Gasteiger partial charge in [0.05, 0.1) is 13.0 Å². The fourth-order valence-electron chi connectivity index (χ4n) is 0.836. The van der Waals surface area contributed by atoms with Crippen molar-refractivity contribution in [1.29, 1.82) is 0 Å². The van der Waals surface area contributed by atoms with E-state index in [0.717, 1.165) is 0 Å². The van der Waals surface area contributed by atoms with Crippen LogP contribution in [0.3, 0.4) is 0 Å². The van der Waals surface area contributed by atoms with Crippen molar-refractivity contribution in [2.45, 2.75) is 18.2 Å². The largest absolute Gasteiger partial charge is 0.419 e. The molecule has 64 valence electrons. The lowest BCUT2D eigenvalue weighted by molar-refractivity contribution is -0.251. The summed E-state index contributed by atoms with van der Waals surface area (Å²) in [5.74, 6) is -0.773. The van der Waals surface area contributed by atoms with Crippen LogP contribution in [0.15, 0.2) is 0 Å². The molecule has 2 N–H and O–H groups in total. The molecule has 1 heterocycles. The maximum Gasteiger partial charge on any atom is 0.419 e. The minimum absolute atomic E-state index is 0.741. The van der Waals surface area contributed by atoms with Crippen LogP contribution in [0, 0.1) is 0 Å². The second-order valence-electron chi connectivity index (χ2n) is 2.48. The van der Waals surface area contributed by atoms with E-state index in [9.17, 15) is 18.0 Å². The Labute approximate surface area is 60.2 Å². The maximum absolute atomic E-state index is 11.9. The number of aliphatic hydroxyl groups is 1. The summed E-state index contributed by atoms with van der Waals surface area (Å²) in [6.45, 7) is -0.741. The Morgan fingerprint density at radius 2 is 2.09 bits per heavy atom. The SMILES string of the molecule is O=C1CC(O)(C(F)(F)F)CN1. The van der Waals surface area contributed by atoms with Crippen LogP contribution in [0.5, 0.6) is 0 Å². The molecule has 1 aliphatic rings. The predicted molar refractivity (Wildman–Crippen MR) is 28.6 cm³/mol. The van der Waals surface area contributed by atoms with E-state index in [1.807, 2.05) is 5.32 Å². The lowest BCUT2D eigenvalue weighted by atomic mass is 10.0. The molecule has 1 rings (SSSR count). The number of halogens is 3. The number of hydrogen-bond donors (Lipinski definition) is 2. The van der Waals surface area contributed by atoms with Gasteiger partial charge in [-0.1, -0.05) is 0 Å². The highest BCUT2D eigenvalue weighted by Crippen LogP contribution is 2.34. The third kappa shape index (κ3) is 1.30. The highest BCUT2D eigenvalue weighted by atomic mass is 19.4. The van der Waals surface area contributed by atoms with Crippen molar-refractivity contribution in [2.75, 3.05) is 6.54 Å². The van der Waals surface area contributed by atoms with Gasteiger partial charge in [0.1, 0.15) is 0 Å². The zero-order chi connectivity index (χ0) is 8.70. The molecule has 1 fully saturated rings. The summed E-state index contributed by atoms with van der Waals surface area (Å²) in [7, 11) is 0. The van der Waals surface area contributed by atoms with Gasteiger partial charge in [0.15, 0.2) is 5.60 Å². The van der Waals surface area contributed by atoms with Gasteiger partial charge in [-0.25, -0.2) is 0 Å². The fraction of sp³-hybridized carbons (Fsp3) is 0.800. The van der Waals surface area contributed by atoms with E-state index in [1.54, 1.807) is 0 Å². The van der Waals surface area contributed by atoms with Crippen LogP contribution in [0.4, 0.5) is 13.2 Å². The van der Waals surface area contributed by atoms with Crippen LogP contribution >= 0.6 is 0 Å². The van der Waals surface area contributed by atoms with Crippen LogP contribution in [0.1, 0.15) is 6.42 Å². The number of amides is 1. The van der Waals surface area contributed by atoms with Crippen molar-refractivity contribution < 1.29 is 23.1 Å². The number of β-amino-alcohol motifs (C(OH)–C–C–N with tert-alkyl or cyclic N) is 1. The number of hydrogen-bond acceptors (Lipinski definition) is 2. The first-order valence-corrected chi connectivity index (χ1v) is 2.91. The van der Waals surface area contributed by atoms with Crippen molar-refractivity contribution in [2.24, 2.45) is 0 Å². The highest BCUT2D eigenvalue weighted by molar-refractivity contribution is 5.79. The van der Waals surface area contributed by atoms with Gasteiger partial charge >= 0.3 is 6.18 Å². The van der Waals surface area contributed by atoms with E-state index < -0.39 is 30.7 Å². The molecule has 0 spiro atoms. The van der Waals surface area contributed by atoms with E-state index in [4.69, 9.17) is 5.11 Å². The van der Waals surface area contributed by atoms with Crippen LogP contribution in [0.25, 0.3) is 0 Å². The highest BCUT2D eigenvalue weighted by Gasteiger charge is 2.57. The number of carbonyl (C=O) groups excluding carboxylic acids is 1. The molecule has 0 aliphatic carbocycles. The summed E-state index contributed by atoms with van der Waals surface area (Å²) in [5, 5.41) is 10.7. The Morgan fingerprint density at radius 3 is 2.27 bits per heavy atom. The van der Waals surface area contributed by atoms with Crippen molar-refractivity contribution >= 4 is 5.91 Å². The van der Waals surface area contributed by atoms with Gasteiger partial charge in [0, 0.05) is 0 Å². The Kier molecular flexibility index (Phi) is 1.59. The molecule has 0 saturated carbocycles. The molecule has 1 atom stereocenters. The molecule has 0 radical (unpaired) electrons. The third-order valence-corrected chi connectivity index (χ3v) is 1.56. The minimum atomic E-state index is -4.73. The summed E-state index contributed by atoms with van der Waals surface area (Å²) >= 11 is 0. The molecule has 11 heavy (non-hydrogen) atoms. The summed E-state index contributed by atoms with van der Waals surface area (Å²) in [5.41, 5.74) is -2.86. The van der Waals surface area contributed by atoms with Gasteiger partial charge in [-0.2, -0.15) is 13.2 Å². The molecule has 0 aromatic carbocycles. The number of rotatable bonds is 0. The maximum atomic E-state index is 11.9. The van der Waals surface area contributed by atoms with E-state index in [0.29, 0.717) is 0 Å². The van der Waals surface area contributed by atoms with Crippen LogP contribution < -0.4 is 5.32 Å². The monoisotopic (exact) mass is 169 g/mol. The van der Waals surface area contributed by atoms with Crippen LogP contribution in [0.2, 0.25) is 0 Å². The quantitative estimate of drug-likeness (QED) is 0.527. The van der Waals surface area contributed by atoms with Gasteiger partial charge in [0.25, 0.3) is 0 Å². The second-order valence-corrected chi connectivity index (χ2v) is 2.48. The Hall–Kier alpha value is -0.780. The van der Waals surface area contributed by atoms with Crippen LogP contribution in [-0.4, -0.2) is 29.3 Å². The molecule has 0 aromatic heterocycles.